The van der Waals surface area contributed by atoms with Crippen LogP contribution in [0.1, 0.15) is 24.4 Å². The van der Waals surface area contributed by atoms with Crippen LogP contribution < -0.4 is 10.5 Å². The number of methoxy groups -OCH3 is 1. The van der Waals surface area contributed by atoms with Gasteiger partial charge in [-0.1, -0.05) is 0 Å². The molecule has 0 saturated heterocycles. The summed E-state index contributed by atoms with van der Waals surface area (Å²) in [5.74, 6) is 1.55. The molecule has 1 unspecified atom stereocenters. The number of aromatic hydroxyl groups is 1. The van der Waals surface area contributed by atoms with Gasteiger partial charge < -0.3 is 15.6 Å². The first-order valence-corrected chi connectivity index (χ1v) is 4.85. The topological polar surface area (TPSA) is 55.5 Å². The average molecular weight is 193 g/mol. The molecule has 1 aliphatic rings. The van der Waals surface area contributed by atoms with E-state index in [9.17, 15) is 5.11 Å². The number of hydrogen-bond donors (Lipinski definition) is 2. The van der Waals surface area contributed by atoms with Crippen molar-refractivity contribution in [3.8, 4) is 11.5 Å². The number of ether oxygens (including phenoxy) is 1. The summed E-state index contributed by atoms with van der Waals surface area (Å²) in [6.07, 6.45) is 2.33. The highest BCUT2D eigenvalue weighted by Crippen LogP contribution is 2.42. The third-order valence-electron chi connectivity index (χ3n) is 2.72. The average Bonchev–Trinajstić information content (AvgIpc) is 3.01. The van der Waals surface area contributed by atoms with Gasteiger partial charge in [0.15, 0.2) is 0 Å². The fourth-order valence-electron chi connectivity index (χ4n) is 1.64. The molecule has 1 atom stereocenters. The molecule has 3 nitrogen and oxygen atoms in total. The Balaban J connectivity index is 2.29. The molecule has 3 N–H and O–H groups in total. The zero-order valence-corrected chi connectivity index (χ0v) is 8.23. The first kappa shape index (κ1) is 9.34. The highest BCUT2D eigenvalue weighted by Gasteiger charge is 2.31. The molecular formula is C11H15NO2. The summed E-state index contributed by atoms with van der Waals surface area (Å²) in [7, 11) is 1.61. The number of phenols is 1. The van der Waals surface area contributed by atoms with Gasteiger partial charge in [0.1, 0.15) is 11.5 Å². The molecule has 1 aromatic rings. The summed E-state index contributed by atoms with van der Waals surface area (Å²) < 4.78 is 5.09. The van der Waals surface area contributed by atoms with E-state index < -0.39 is 0 Å². The van der Waals surface area contributed by atoms with Crippen molar-refractivity contribution in [3.05, 3.63) is 23.8 Å². The lowest BCUT2D eigenvalue weighted by atomic mass is 10.0. The number of hydrogen-bond acceptors (Lipinski definition) is 3. The van der Waals surface area contributed by atoms with E-state index in [0.717, 1.165) is 24.2 Å². The lowest BCUT2D eigenvalue weighted by Crippen LogP contribution is -2.12. The van der Waals surface area contributed by atoms with Gasteiger partial charge in [0.2, 0.25) is 0 Å². The molecule has 2 rings (SSSR count). The Hall–Kier alpha value is -1.22. The Bertz CT molecular complexity index is 334. The number of phenolic OH excluding ortho intramolecular Hbond substituents is 1. The van der Waals surface area contributed by atoms with Gasteiger partial charge in [-0.05, 0) is 37.0 Å². The molecule has 0 aromatic heterocycles. The molecule has 3 heteroatoms. The Morgan fingerprint density at radius 2 is 2.21 bits per heavy atom. The second-order valence-corrected chi connectivity index (χ2v) is 3.79. The predicted molar refractivity (Wildman–Crippen MR) is 54.3 cm³/mol. The molecular weight excluding hydrogens is 178 g/mol. The summed E-state index contributed by atoms with van der Waals surface area (Å²) in [5.41, 5.74) is 6.81. The van der Waals surface area contributed by atoms with E-state index in [1.165, 1.54) is 0 Å². The van der Waals surface area contributed by atoms with Gasteiger partial charge in [0.05, 0.1) is 7.11 Å². The Morgan fingerprint density at radius 3 is 2.79 bits per heavy atom. The number of benzene rings is 1. The van der Waals surface area contributed by atoms with Gasteiger partial charge >= 0.3 is 0 Å². The molecule has 0 heterocycles. The van der Waals surface area contributed by atoms with E-state index in [-0.39, 0.29) is 11.8 Å². The van der Waals surface area contributed by atoms with E-state index in [1.54, 1.807) is 19.2 Å². The maximum Gasteiger partial charge on any atom is 0.120 e. The van der Waals surface area contributed by atoms with Crippen molar-refractivity contribution >= 4 is 0 Å². The molecule has 0 aliphatic heterocycles. The fourth-order valence-corrected chi connectivity index (χ4v) is 1.64. The van der Waals surface area contributed by atoms with Crippen LogP contribution in [0.15, 0.2) is 18.2 Å². The Labute approximate surface area is 83.5 Å². The highest BCUT2D eigenvalue weighted by molar-refractivity contribution is 5.41. The predicted octanol–water partition coefficient (Wildman–Crippen LogP) is 1.81. The molecule has 0 spiro atoms. The third kappa shape index (κ3) is 1.68. The van der Waals surface area contributed by atoms with Crippen LogP contribution in [0.5, 0.6) is 11.5 Å². The van der Waals surface area contributed by atoms with Crippen LogP contribution in [-0.2, 0) is 0 Å². The van der Waals surface area contributed by atoms with Crippen molar-refractivity contribution in [1.29, 1.82) is 0 Å². The van der Waals surface area contributed by atoms with Crippen LogP contribution in [-0.4, -0.2) is 12.2 Å². The summed E-state index contributed by atoms with van der Waals surface area (Å²) in [4.78, 5) is 0. The van der Waals surface area contributed by atoms with Gasteiger partial charge in [-0.15, -0.1) is 0 Å². The standard InChI is InChI=1S/C11H15NO2/c1-14-8-4-5-10(13)9(6-8)11(12)7-2-3-7/h4-7,11,13H,2-3,12H2,1H3. The molecule has 1 aromatic carbocycles. The van der Waals surface area contributed by atoms with Gasteiger partial charge in [-0.2, -0.15) is 0 Å². The second-order valence-electron chi connectivity index (χ2n) is 3.79. The van der Waals surface area contributed by atoms with Crippen molar-refractivity contribution in [2.75, 3.05) is 7.11 Å². The van der Waals surface area contributed by atoms with Crippen molar-refractivity contribution in [3.63, 3.8) is 0 Å². The third-order valence-corrected chi connectivity index (χ3v) is 2.72. The van der Waals surface area contributed by atoms with Crippen molar-refractivity contribution in [1.82, 2.24) is 0 Å². The maximum absolute atomic E-state index is 9.64. The molecule has 0 amide bonds. The molecule has 76 valence electrons. The van der Waals surface area contributed by atoms with E-state index in [1.807, 2.05) is 6.07 Å². The quantitative estimate of drug-likeness (QED) is 0.769. The van der Waals surface area contributed by atoms with Crippen LogP contribution in [0.4, 0.5) is 0 Å². The lowest BCUT2D eigenvalue weighted by Gasteiger charge is -2.13. The molecule has 14 heavy (non-hydrogen) atoms. The van der Waals surface area contributed by atoms with Gasteiger partial charge in [-0.25, -0.2) is 0 Å². The first-order valence-electron chi connectivity index (χ1n) is 4.85. The fraction of sp³-hybridized carbons (Fsp3) is 0.455. The van der Waals surface area contributed by atoms with Crippen molar-refractivity contribution in [2.24, 2.45) is 11.7 Å². The minimum atomic E-state index is -0.0508. The second kappa shape index (κ2) is 3.50. The van der Waals surface area contributed by atoms with E-state index in [2.05, 4.69) is 0 Å². The normalized spacial score (nSPS) is 17.9. The lowest BCUT2D eigenvalue weighted by molar-refractivity contribution is 0.408. The molecule has 0 bridgehead atoms. The zero-order valence-electron chi connectivity index (χ0n) is 8.23. The SMILES string of the molecule is COc1ccc(O)c(C(N)C2CC2)c1. The monoisotopic (exact) mass is 193 g/mol. The minimum absolute atomic E-state index is 0.0508. The van der Waals surface area contributed by atoms with Crippen LogP contribution in [0.3, 0.4) is 0 Å². The molecule has 0 radical (unpaired) electrons. The Morgan fingerprint density at radius 1 is 1.50 bits per heavy atom. The molecule has 1 aliphatic carbocycles. The van der Waals surface area contributed by atoms with Crippen molar-refractivity contribution in [2.45, 2.75) is 18.9 Å². The highest BCUT2D eigenvalue weighted by atomic mass is 16.5. The zero-order chi connectivity index (χ0) is 10.1. The van der Waals surface area contributed by atoms with E-state index >= 15 is 0 Å². The van der Waals surface area contributed by atoms with Crippen molar-refractivity contribution < 1.29 is 9.84 Å². The Kier molecular flexibility index (Phi) is 2.33. The van der Waals surface area contributed by atoms with Gasteiger partial charge in [0.25, 0.3) is 0 Å². The summed E-state index contributed by atoms with van der Waals surface area (Å²) in [6.45, 7) is 0. The summed E-state index contributed by atoms with van der Waals surface area (Å²) in [6, 6.07) is 5.14. The van der Waals surface area contributed by atoms with Crippen LogP contribution in [0, 0.1) is 5.92 Å². The minimum Gasteiger partial charge on any atom is -0.508 e. The smallest absolute Gasteiger partial charge is 0.120 e. The molecule has 1 fully saturated rings. The van der Waals surface area contributed by atoms with Crippen LogP contribution in [0.25, 0.3) is 0 Å². The largest absolute Gasteiger partial charge is 0.508 e. The summed E-state index contributed by atoms with van der Waals surface area (Å²) >= 11 is 0. The van der Waals surface area contributed by atoms with Crippen LogP contribution in [0.2, 0.25) is 0 Å². The van der Waals surface area contributed by atoms with E-state index in [0.29, 0.717) is 5.92 Å². The van der Waals surface area contributed by atoms with Gasteiger partial charge in [0, 0.05) is 11.6 Å². The molecule has 1 saturated carbocycles. The van der Waals surface area contributed by atoms with Gasteiger partial charge in [-0.3, -0.25) is 0 Å². The first-order chi connectivity index (χ1) is 6.72. The van der Waals surface area contributed by atoms with Crippen LogP contribution >= 0.6 is 0 Å². The van der Waals surface area contributed by atoms with E-state index in [4.69, 9.17) is 10.5 Å². The number of rotatable bonds is 3. The maximum atomic E-state index is 9.64. The summed E-state index contributed by atoms with van der Waals surface area (Å²) in [5, 5.41) is 9.64. The number of nitrogens with two attached hydrogens (primary N) is 1.